The Balaban J connectivity index is 1.95. The fraction of sp³-hybridized carbons (Fsp3) is 0.429. The molecule has 6 heteroatoms. The first-order valence-electron chi connectivity index (χ1n) is 6.49. The molecule has 5 nitrogen and oxygen atoms in total. The molecule has 2 atom stereocenters. The number of nitrogens with one attached hydrogen (secondary N) is 1. The van der Waals surface area contributed by atoms with Crippen molar-refractivity contribution in [2.75, 3.05) is 11.9 Å². The van der Waals surface area contributed by atoms with Crippen LogP contribution in [0.2, 0.25) is 5.02 Å². The van der Waals surface area contributed by atoms with Crippen molar-refractivity contribution in [3.8, 4) is 5.75 Å². The zero-order valence-electron chi connectivity index (χ0n) is 11.1. The van der Waals surface area contributed by atoms with Crippen LogP contribution >= 0.6 is 11.6 Å². The summed E-state index contributed by atoms with van der Waals surface area (Å²) >= 11 is 6.05. The van der Waals surface area contributed by atoms with Gasteiger partial charge in [-0.05, 0) is 31.0 Å². The molecule has 0 heterocycles. The number of benzene rings is 1. The first kappa shape index (κ1) is 14.7. The molecule has 0 aromatic heterocycles. The van der Waals surface area contributed by atoms with Gasteiger partial charge in [-0.15, -0.1) is 0 Å². The Hall–Kier alpha value is -1.75. The van der Waals surface area contributed by atoms with Crippen molar-refractivity contribution in [3.63, 3.8) is 0 Å². The van der Waals surface area contributed by atoms with Gasteiger partial charge in [0.1, 0.15) is 5.75 Å². The van der Waals surface area contributed by atoms with Crippen molar-refractivity contribution in [2.24, 2.45) is 11.8 Å². The number of anilines is 1. The Bertz CT molecular complexity index is 532. The molecule has 2 rings (SSSR count). The fourth-order valence-electron chi connectivity index (χ4n) is 1.90. The van der Waals surface area contributed by atoms with E-state index in [1.54, 1.807) is 18.2 Å². The van der Waals surface area contributed by atoms with Gasteiger partial charge < -0.3 is 15.2 Å². The zero-order chi connectivity index (χ0) is 14.7. The van der Waals surface area contributed by atoms with Crippen LogP contribution in [0.4, 0.5) is 5.69 Å². The summed E-state index contributed by atoms with van der Waals surface area (Å²) in [6.07, 6.45) is 1.28. The molecule has 0 spiro atoms. The third kappa shape index (κ3) is 3.42. The molecule has 1 fully saturated rings. The quantitative estimate of drug-likeness (QED) is 0.846. The lowest BCUT2D eigenvalue weighted by Gasteiger charge is -2.09. The number of carboxylic acid groups (broad SMARTS) is 1. The number of halogens is 1. The van der Waals surface area contributed by atoms with E-state index in [2.05, 4.69) is 5.32 Å². The smallest absolute Gasteiger partial charge is 0.307 e. The molecular weight excluding hydrogens is 282 g/mol. The molecule has 20 heavy (non-hydrogen) atoms. The van der Waals surface area contributed by atoms with Gasteiger partial charge in [0.2, 0.25) is 5.91 Å². The van der Waals surface area contributed by atoms with E-state index < -0.39 is 17.8 Å². The lowest BCUT2D eigenvalue weighted by molar-refractivity contribution is -0.139. The van der Waals surface area contributed by atoms with Crippen molar-refractivity contribution in [3.05, 3.63) is 23.2 Å². The Morgan fingerprint density at radius 3 is 2.75 bits per heavy atom. The summed E-state index contributed by atoms with van der Waals surface area (Å²) in [6.45, 7) is 2.57. The van der Waals surface area contributed by atoms with Crippen LogP contribution in [0.3, 0.4) is 0 Å². The molecule has 1 aromatic rings. The van der Waals surface area contributed by atoms with Crippen LogP contribution in [0.15, 0.2) is 18.2 Å². The fourth-order valence-corrected chi connectivity index (χ4v) is 2.14. The summed E-state index contributed by atoms with van der Waals surface area (Å²) in [5, 5.41) is 11.9. The van der Waals surface area contributed by atoms with Crippen molar-refractivity contribution in [1.29, 1.82) is 0 Å². The van der Waals surface area contributed by atoms with E-state index in [9.17, 15) is 9.59 Å². The second-order valence-electron chi connectivity index (χ2n) is 4.77. The molecule has 0 bridgehead atoms. The Morgan fingerprint density at radius 2 is 2.20 bits per heavy atom. The van der Waals surface area contributed by atoms with Crippen LogP contribution in [0.1, 0.15) is 19.8 Å². The topological polar surface area (TPSA) is 75.6 Å². The summed E-state index contributed by atoms with van der Waals surface area (Å²) in [5.74, 6) is -1.64. The van der Waals surface area contributed by atoms with Crippen LogP contribution < -0.4 is 10.1 Å². The average molecular weight is 298 g/mol. The maximum atomic E-state index is 11.8. The van der Waals surface area contributed by atoms with E-state index in [1.807, 2.05) is 6.92 Å². The predicted molar refractivity (Wildman–Crippen MR) is 75.1 cm³/mol. The third-order valence-electron chi connectivity index (χ3n) is 3.11. The molecule has 108 valence electrons. The zero-order valence-corrected chi connectivity index (χ0v) is 11.8. The lowest BCUT2D eigenvalue weighted by Crippen LogP contribution is -2.16. The van der Waals surface area contributed by atoms with Gasteiger partial charge in [0.05, 0.1) is 23.5 Å². The van der Waals surface area contributed by atoms with Gasteiger partial charge >= 0.3 is 5.97 Å². The van der Waals surface area contributed by atoms with Gasteiger partial charge in [0, 0.05) is 5.69 Å². The van der Waals surface area contributed by atoms with E-state index in [0.29, 0.717) is 29.5 Å². The van der Waals surface area contributed by atoms with E-state index in [4.69, 9.17) is 21.4 Å². The molecule has 0 unspecified atom stereocenters. The maximum absolute atomic E-state index is 11.8. The number of carboxylic acids is 1. The molecule has 1 aliphatic carbocycles. The Labute approximate surface area is 121 Å². The van der Waals surface area contributed by atoms with Crippen LogP contribution in [-0.2, 0) is 9.59 Å². The summed E-state index contributed by atoms with van der Waals surface area (Å²) in [6, 6.07) is 4.98. The minimum Gasteiger partial charge on any atom is -0.492 e. The van der Waals surface area contributed by atoms with Gasteiger partial charge in [0.25, 0.3) is 0 Å². The highest BCUT2D eigenvalue weighted by Gasteiger charge is 2.48. The molecule has 1 amide bonds. The van der Waals surface area contributed by atoms with Gasteiger partial charge in [-0.2, -0.15) is 0 Å². The second-order valence-corrected chi connectivity index (χ2v) is 5.18. The van der Waals surface area contributed by atoms with E-state index in [-0.39, 0.29) is 5.91 Å². The van der Waals surface area contributed by atoms with Gasteiger partial charge in [-0.25, -0.2) is 0 Å². The molecule has 0 aliphatic heterocycles. The SMILES string of the molecule is CCCOc1ccc(NC(=O)[C@@H]2C[C@@H]2C(=O)O)cc1Cl. The minimum atomic E-state index is -0.925. The van der Waals surface area contributed by atoms with Crippen LogP contribution in [0.25, 0.3) is 0 Å². The molecule has 0 radical (unpaired) electrons. The number of amides is 1. The number of hydrogen-bond acceptors (Lipinski definition) is 3. The molecule has 1 saturated carbocycles. The van der Waals surface area contributed by atoms with Crippen molar-refractivity contribution in [2.45, 2.75) is 19.8 Å². The number of aliphatic carboxylic acids is 1. The largest absolute Gasteiger partial charge is 0.492 e. The molecule has 1 aliphatic rings. The van der Waals surface area contributed by atoms with Crippen molar-refractivity contribution in [1.82, 2.24) is 0 Å². The molecule has 0 saturated heterocycles. The third-order valence-corrected chi connectivity index (χ3v) is 3.40. The average Bonchev–Trinajstić information content (AvgIpc) is 3.18. The van der Waals surface area contributed by atoms with E-state index in [0.717, 1.165) is 6.42 Å². The summed E-state index contributed by atoms with van der Waals surface area (Å²) in [7, 11) is 0. The van der Waals surface area contributed by atoms with E-state index in [1.165, 1.54) is 0 Å². The molecule has 1 aromatic carbocycles. The summed E-state index contributed by atoms with van der Waals surface area (Å²) in [4.78, 5) is 22.5. The van der Waals surface area contributed by atoms with Crippen molar-refractivity contribution < 1.29 is 19.4 Å². The number of rotatable bonds is 6. The monoisotopic (exact) mass is 297 g/mol. The number of hydrogen-bond donors (Lipinski definition) is 2. The van der Waals surface area contributed by atoms with Crippen molar-refractivity contribution >= 4 is 29.2 Å². The van der Waals surface area contributed by atoms with Gasteiger partial charge in [-0.3, -0.25) is 9.59 Å². The van der Waals surface area contributed by atoms with Crippen LogP contribution in [0.5, 0.6) is 5.75 Å². The number of carbonyl (C=O) groups is 2. The first-order chi connectivity index (χ1) is 9.52. The Morgan fingerprint density at radius 1 is 1.45 bits per heavy atom. The lowest BCUT2D eigenvalue weighted by atomic mass is 10.2. The molecule has 2 N–H and O–H groups in total. The highest BCUT2D eigenvalue weighted by Crippen LogP contribution is 2.39. The van der Waals surface area contributed by atoms with Gasteiger partial charge in [-0.1, -0.05) is 18.5 Å². The van der Waals surface area contributed by atoms with Crippen LogP contribution in [-0.4, -0.2) is 23.6 Å². The van der Waals surface area contributed by atoms with Crippen LogP contribution in [0, 0.1) is 11.8 Å². The number of ether oxygens (including phenoxy) is 1. The van der Waals surface area contributed by atoms with Gasteiger partial charge in [0.15, 0.2) is 0 Å². The maximum Gasteiger partial charge on any atom is 0.307 e. The highest BCUT2D eigenvalue weighted by atomic mass is 35.5. The minimum absolute atomic E-state index is 0.282. The highest BCUT2D eigenvalue weighted by molar-refractivity contribution is 6.32. The summed E-state index contributed by atoms with van der Waals surface area (Å²) < 4.78 is 5.43. The van der Waals surface area contributed by atoms with E-state index >= 15 is 0 Å². The standard InChI is InChI=1S/C14H16ClNO4/c1-2-5-20-12-4-3-8(6-11(12)15)16-13(17)9-7-10(9)14(18)19/h3-4,6,9-10H,2,5,7H2,1H3,(H,16,17)(H,18,19)/t9-,10+/m1/s1. The first-order valence-corrected chi connectivity index (χ1v) is 6.86. The molecular formula is C14H16ClNO4. The summed E-state index contributed by atoms with van der Waals surface area (Å²) in [5.41, 5.74) is 0.542. The normalized spacial score (nSPS) is 20.3. The number of carbonyl (C=O) groups excluding carboxylic acids is 1. The Kier molecular flexibility index (Phi) is 4.49. The predicted octanol–water partition coefficient (Wildman–Crippen LogP) is 2.79. The second kappa shape index (κ2) is 6.13.